The Morgan fingerprint density at radius 1 is 1.06 bits per heavy atom. The Morgan fingerprint density at radius 3 is 2.64 bits per heavy atom. The van der Waals surface area contributed by atoms with Crippen LogP contribution in [0.15, 0.2) is 55.1 Å². The number of carbonyl (C=O) groups excluding carboxylic acids is 2. The summed E-state index contributed by atoms with van der Waals surface area (Å²) in [5.74, 6) is -0.380. The minimum atomic E-state index is -0.468. The second-order valence-electron chi connectivity index (χ2n) is 7.11. The first-order chi connectivity index (χ1) is 15.9. The van der Waals surface area contributed by atoms with Crippen molar-refractivity contribution in [2.24, 2.45) is 14.1 Å². The lowest BCUT2D eigenvalue weighted by molar-refractivity contribution is 0.0942. The number of rotatable bonds is 8. The maximum absolute atomic E-state index is 12.9. The Balaban J connectivity index is 1.44. The molecule has 0 aliphatic rings. The van der Waals surface area contributed by atoms with Gasteiger partial charge in [-0.1, -0.05) is 23.7 Å². The predicted octanol–water partition coefficient (Wildman–Crippen LogP) is 2.22. The fourth-order valence-corrected chi connectivity index (χ4v) is 3.33. The minimum Gasteiger partial charge on any atom is -0.470 e. The summed E-state index contributed by atoms with van der Waals surface area (Å²) in [4.78, 5) is 25.7. The van der Waals surface area contributed by atoms with Gasteiger partial charge in [0.15, 0.2) is 6.73 Å². The smallest absolute Gasteiger partial charge is 0.274 e. The lowest BCUT2D eigenvalue weighted by Gasteiger charge is -2.11. The van der Waals surface area contributed by atoms with E-state index in [1.54, 1.807) is 61.5 Å². The number of carbonyl (C=O) groups is 2. The first kappa shape index (κ1) is 22.1. The highest BCUT2D eigenvalue weighted by molar-refractivity contribution is 6.32. The Labute approximate surface area is 193 Å². The zero-order valence-electron chi connectivity index (χ0n) is 17.9. The van der Waals surface area contributed by atoms with Crippen LogP contribution in [-0.2, 0) is 27.4 Å². The predicted molar refractivity (Wildman–Crippen MR) is 120 cm³/mol. The van der Waals surface area contributed by atoms with Crippen molar-refractivity contribution < 1.29 is 14.3 Å². The van der Waals surface area contributed by atoms with Gasteiger partial charge >= 0.3 is 0 Å². The first-order valence-electron chi connectivity index (χ1n) is 9.90. The van der Waals surface area contributed by atoms with Gasteiger partial charge in [0.1, 0.15) is 17.1 Å². The van der Waals surface area contributed by atoms with Gasteiger partial charge in [-0.15, -0.1) is 0 Å². The Hall–Kier alpha value is -4.12. The van der Waals surface area contributed by atoms with Crippen LogP contribution >= 0.6 is 11.6 Å². The van der Waals surface area contributed by atoms with Crippen molar-refractivity contribution >= 4 is 29.1 Å². The topological polar surface area (TPSA) is 121 Å². The van der Waals surface area contributed by atoms with E-state index in [1.165, 1.54) is 21.8 Å². The number of aromatic nitrogens is 6. The number of anilines is 1. The van der Waals surface area contributed by atoms with Gasteiger partial charge in [-0.05, 0) is 18.2 Å². The monoisotopic (exact) mass is 468 g/mol. The van der Waals surface area contributed by atoms with E-state index in [0.29, 0.717) is 10.8 Å². The van der Waals surface area contributed by atoms with Crippen molar-refractivity contribution in [1.82, 2.24) is 34.7 Å². The van der Waals surface area contributed by atoms with Gasteiger partial charge in [-0.3, -0.25) is 19.0 Å². The summed E-state index contributed by atoms with van der Waals surface area (Å²) < 4.78 is 10.1. The number of nitrogens with zero attached hydrogens (tertiary/aromatic N) is 6. The van der Waals surface area contributed by atoms with Crippen LogP contribution in [0.2, 0.25) is 5.02 Å². The van der Waals surface area contributed by atoms with Crippen LogP contribution in [0.3, 0.4) is 0 Å². The number of hydrogen-bond donors (Lipinski definition) is 2. The van der Waals surface area contributed by atoms with E-state index < -0.39 is 5.91 Å². The maximum Gasteiger partial charge on any atom is 0.274 e. The Bertz CT molecular complexity index is 1290. The van der Waals surface area contributed by atoms with Gasteiger partial charge in [0.25, 0.3) is 11.8 Å². The summed E-state index contributed by atoms with van der Waals surface area (Å²) in [6.45, 7) is 0.266. The number of para-hydroxylation sites is 1. The number of nitrogens with one attached hydrogen (secondary N) is 2. The molecule has 0 unspecified atom stereocenters. The molecule has 12 heteroatoms. The summed E-state index contributed by atoms with van der Waals surface area (Å²) in [5, 5.41) is 18.3. The number of halogens is 1. The molecule has 4 rings (SSSR count). The van der Waals surface area contributed by atoms with Crippen LogP contribution in [0.1, 0.15) is 26.5 Å². The largest absolute Gasteiger partial charge is 0.470 e. The van der Waals surface area contributed by atoms with Gasteiger partial charge < -0.3 is 15.4 Å². The summed E-state index contributed by atoms with van der Waals surface area (Å²) in [6.07, 6.45) is 6.36. The van der Waals surface area contributed by atoms with Crippen LogP contribution < -0.4 is 15.4 Å². The lowest BCUT2D eigenvalue weighted by Crippen LogP contribution is -2.27. The second kappa shape index (κ2) is 9.57. The molecule has 0 fully saturated rings. The number of amides is 2. The standard InChI is InChI=1S/C21H21ClN8O3/c1-28-12-14(10-25-28)9-23-21(32)19-16(11-26-29(19)2)27-20(31)17-7-8-24-30(17)13-33-18-6-4-3-5-15(18)22/h3-8,10-12H,9,13H2,1-2H3,(H,23,32)(H,27,31). The number of ether oxygens (including phenoxy) is 1. The number of benzene rings is 1. The molecule has 3 heterocycles. The molecular formula is C21H21ClN8O3. The van der Waals surface area contributed by atoms with E-state index >= 15 is 0 Å². The molecule has 2 N–H and O–H groups in total. The van der Waals surface area contributed by atoms with Crippen molar-refractivity contribution in [2.75, 3.05) is 5.32 Å². The van der Waals surface area contributed by atoms with Crippen molar-refractivity contribution in [3.05, 3.63) is 77.1 Å². The van der Waals surface area contributed by atoms with Crippen molar-refractivity contribution in [3.63, 3.8) is 0 Å². The van der Waals surface area contributed by atoms with Gasteiger partial charge in [-0.25, -0.2) is 4.68 Å². The third-order valence-electron chi connectivity index (χ3n) is 4.74. The fraction of sp³-hybridized carbons (Fsp3) is 0.190. The van der Waals surface area contributed by atoms with Gasteiger partial charge in [0.2, 0.25) is 0 Å². The highest BCUT2D eigenvalue weighted by Crippen LogP contribution is 2.23. The molecule has 2 amide bonds. The van der Waals surface area contributed by atoms with Crippen LogP contribution in [-0.4, -0.2) is 41.2 Å². The normalized spacial score (nSPS) is 10.8. The molecule has 11 nitrogen and oxygen atoms in total. The fourth-order valence-electron chi connectivity index (χ4n) is 3.13. The van der Waals surface area contributed by atoms with E-state index in [4.69, 9.17) is 16.3 Å². The maximum atomic E-state index is 12.9. The van der Waals surface area contributed by atoms with E-state index in [0.717, 1.165) is 5.56 Å². The lowest BCUT2D eigenvalue weighted by atomic mass is 10.3. The van der Waals surface area contributed by atoms with Crippen molar-refractivity contribution in [1.29, 1.82) is 0 Å². The molecule has 4 aromatic rings. The van der Waals surface area contributed by atoms with E-state index in [-0.39, 0.29) is 36.3 Å². The first-order valence-corrected chi connectivity index (χ1v) is 10.3. The molecule has 1 aromatic carbocycles. The highest BCUT2D eigenvalue weighted by atomic mass is 35.5. The van der Waals surface area contributed by atoms with Crippen molar-refractivity contribution in [2.45, 2.75) is 13.3 Å². The highest BCUT2D eigenvalue weighted by Gasteiger charge is 2.21. The molecule has 0 bridgehead atoms. The third-order valence-corrected chi connectivity index (χ3v) is 5.05. The molecule has 0 saturated carbocycles. The van der Waals surface area contributed by atoms with Crippen LogP contribution in [0.4, 0.5) is 5.69 Å². The summed E-state index contributed by atoms with van der Waals surface area (Å²) in [5.41, 5.74) is 1.57. The van der Waals surface area contributed by atoms with Gasteiger partial charge in [-0.2, -0.15) is 15.3 Å². The zero-order valence-corrected chi connectivity index (χ0v) is 18.7. The van der Waals surface area contributed by atoms with Gasteiger partial charge in [0.05, 0.1) is 23.1 Å². The summed E-state index contributed by atoms with van der Waals surface area (Å²) >= 11 is 6.10. The van der Waals surface area contributed by atoms with Crippen LogP contribution in [0.5, 0.6) is 5.75 Å². The molecule has 0 saturated heterocycles. The molecular weight excluding hydrogens is 448 g/mol. The zero-order chi connectivity index (χ0) is 23.4. The average Bonchev–Trinajstić information content (AvgIpc) is 3.52. The molecule has 0 spiro atoms. The number of aryl methyl sites for hydroxylation is 2. The van der Waals surface area contributed by atoms with E-state index in [1.807, 2.05) is 0 Å². The summed E-state index contributed by atoms with van der Waals surface area (Å²) in [7, 11) is 3.42. The minimum absolute atomic E-state index is 0.0228. The van der Waals surface area contributed by atoms with E-state index in [2.05, 4.69) is 25.9 Å². The average molecular weight is 469 g/mol. The Kier molecular flexibility index (Phi) is 6.41. The second-order valence-corrected chi connectivity index (χ2v) is 7.52. The Morgan fingerprint density at radius 2 is 1.88 bits per heavy atom. The SMILES string of the molecule is Cn1cc(CNC(=O)c2c(NC(=O)c3ccnn3COc3ccccc3Cl)cnn2C)cn1. The molecule has 3 aromatic heterocycles. The molecule has 0 radical (unpaired) electrons. The molecule has 33 heavy (non-hydrogen) atoms. The molecule has 0 aliphatic heterocycles. The molecule has 170 valence electrons. The van der Waals surface area contributed by atoms with Gasteiger partial charge in [0, 0.05) is 38.6 Å². The van der Waals surface area contributed by atoms with Crippen molar-refractivity contribution in [3.8, 4) is 5.75 Å². The van der Waals surface area contributed by atoms with Crippen LogP contribution in [0, 0.1) is 0 Å². The third kappa shape index (κ3) is 5.04. The van der Waals surface area contributed by atoms with Crippen LogP contribution in [0.25, 0.3) is 0 Å². The quantitative estimate of drug-likeness (QED) is 0.409. The molecule has 0 aliphatic carbocycles. The molecule has 0 atom stereocenters. The summed E-state index contributed by atoms with van der Waals surface area (Å²) in [6, 6.07) is 8.56. The van der Waals surface area contributed by atoms with E-state index in [9.17, 15) is 9.59 Å². The number of hydrogen-bond acceptors (Lipinski definition) is 6.